The van der Waals surface area contributed by atoms with Gasteiger partial charge >= 0.3 is 0 Å². The third-order valence-electron chi connectivity index (χ3n) is 6.52. The van der Waals surface area contributed by atoms with Crippen LogP contribution in [0.1, 0.15) is 60.2 Å². The summed E-state index contributed by atoms with van der Waals surface area (Å²) in [6, 6.07) is 11.1. The Hall–Kier alpha value is -2.91. The van der Waals surface area contributed by atoms with Gasteiger partial charge in [-0.2, -0.15) is 4.31 Å². The van der Waals surface area contributed by atoms with E-state index in [0.29, 0.717) is 42.3 Å². The first-order valence-corrected chi connectivity index (χ1v) is 13.3. The second kappa shape index (κ2) is 10.1. The summed E-state index contributed by atoms with van der Waals surface area (Å²) in [5.41, 5.74) is 1.25. The second-order valence-corrected chi connectivity index (χ2v) is 10.5. The molecule has 1 unspecified atom stereocenters. The zero-order valence-electron chi connectivity index (χ0n) is 19.6. The number of hydrogen-bond donors (Lipinski definition) is 1. The lowest BCUT2D eigenvalue weighted by Crippen LogP contribution is -2.45. The van der Waals surface area contributed by atoms with Crippen molar-refractivity contribution in [2.75, 3.05) is 31.6 Å². The summed E-state index contributed by atoms with van der Waals surface area (Å²) in [6.45, 7) is 5.61. The summed E-state index contributed by atoms with van der Waals surface area (Å²) in [4.78, 5) is 28.1. The van der Waals surface area contributed by atoms with Crippen LogP contribution in [0.4, 0.5) is 5.69 Å². The fraction of sp³-hybridized carbons (Fsp3) is 0.440. The van der Waals surface area contributed by atoms with Gasteiger partial charge in [-0.1, -0.05) is 13.8 Å². The minimum atomic E-state index is -3.59. The van der Waals surface area contributed by atoms with Crippen molar-refractivity contribution >= 4 is 27.5 Å². The Bertz CT molecular complexity index is 1160. The lowest BCUT2D eigenvalue weighted by molar-refractivity contribution is 0.0548. The number of fused-ring (bicyclic) bond motifs is 2. The van der Waals surface area contributed by atoms with Gasteiger partial charge in [-0.3, -0.25) is 9.59 Å². The maximum atomic E-state index is 13.2. The van der Waals surface area contributed by atoms with Crippen LogP contribution in [-0.4, -0.2) is 61.7 Å². The van der Waals surface area contributed by atoms with Crippen molar-refractivity contribution in [1.29, 1.82) is 0 Å². The van der Waals surface area contributed by atoms with Gasteiger partial charge in [0.05, 0.1) is 17.1 Å². The van der Waals surface area contributed by atoms with Gasteiger partial charge in [0.15, 0.2) is 0 Å². The van der Waals surface area contributed by atoms with E-state index in [1.165, 1.54) is 28.6 Å². The van der Waals surface area contributed by atoms with Crippen molar-refractivity contribution in [2.45, 2.75) is 50.5 Å². The number of nitrogens with zero attached hydrogens (tertiary/aromatic N) is 2. The van der Waals surface area contributed by atoms with Crippen LogP contribution in [0.3, 0.4) is 0 Å². The molecule has 1 N–H and O–H groups in total. The van der Waals surface area contributed by atoms with E-state index in [1.807, 2.05) is 4.90 Å². The molecule has 0 saturated carbocycles. The molecule has 2 heterocycles. The van der Waals surface area contributed by atoms with Gasteiger partial charge in [-0.05, 0) is 61.7 Å². The summed E-state index contributed by atoms with van der Waals surface area (Å²) < 4.78 is 32.5. The molecule has 1 fully saturated rings. The Kier molecular flexibility index (Phi) is 7.23. The van der Waals surface area contributed by atoms with Gasteiger partial charge in [-0.25, -0.2) is 8.42 Å². The Balaban J connectivity index is 1.52. The highest BCUT2D eigenvalue weighted by atomic mass is 32.2. The number of anilines is 1. The molecule has 9 heteroatoms. The van der Waals surface area contributed by atoms with Crippen LogP contribution >= 0.6 is 0 Å². The molecule has 2 amide bonds. The smallest absolute Gasteiger partial charge is 0.257 e. The van der Waals surface area contributed by atoms with E-state index in [4.69, 9.17) is 4.74 Å². The van der Waals surface area contributed by atoms with E-state index in [9.17, 15) is 18.0 Å². The molecule has 2 aliphatic heterocycles. The first-order chi connectivity index (χ1) is 16.3. The number of hydrogen-bond acceptors (Lipinski definition) is 5. The maximum Gasteiger partial charge on any atom is 0.257 e. The zero-order chi connectivity index (χ0) is 24.3. The minimum absolute atomic E-state index is 0.0681. The van der Waals surface area contributed by atoms with E-state index in [2.05, 4.69) is 5.32 Å². The number of carbonyl (C=O) groups excluding carboxylic acids is 2. The summed E-state index contributed by atoms with van der Waals surface area (Å²) in [6.07, 6.45) is 3.92. The molecule has 8 nitrogen and oxygen atoms in total. The largest absolute Gasteiger partial charge is 0.493 e. The molecule has 0 bridgehead atoms. The normalized spacial score (nSPS) is 18.4. The van der Waals surface area contributed by atoms with Gasteiger partial charge in [0, 0.05) is 43.3 Å². The minimum Gasteiger partial charge on any atom is -0.493 e. The molecule has 1 saturated heterocycles. The van der Waals surface area contributed by atoms with Crippen molar-refractivity contribution < 1.29 is 22.7 Å². The van der Waals surface area contributed by atoms with Crippen LogP contribution in [0, 0.1) is 0 Å². The quantitative estimate of drug-likeness (QED) is 0.672. The van der Waals surface area contributed by atoms with Gasteiger partial charge in [0.2, 0.25) is 10.0 Å². The van der Waals surface area contributed by atoms with Crippen LogP contribution < -0.4 is 10.1 Å². The first-order valence-electron chi connectivity index (χ1n) is 11.8. The van der Waals surface area contributed by atoms with E-state index >= 15 is 0 Å². The molecular weight excluding hydrogens is 454 g/mol. The van der Waals surface area contributed by atoms with Crippen molar-refractivity contribution in [3.05, 3.63) is 53.6 Å². The van der Waals surface area contributed by atoms with Crippen molar-refractivity contribution in [1.82, 2.24) is 9.21 Å². The Morgan fingerprint density at radius 3 is 2.53 bits per heavy atom. The topological polar surface area (TPSA) is 96.0 Å². The average molecular weight is 486 g/mol. The van der Waals surface area contributed by atoms with Crippen LogP contribution in [0.25, 0.3) is 0 Å². The Morgan fingerprint density at radius 2 is 1.82 bits per heavy atom. The number of sulfonamides is 1. The third kappa shape index (κ3) is 4.81. The molecule has 182 valence electrons. The molecule has 34 heavy (non-hydrogen) atoms. The lowest BCUT2D eigenvalue weighted by atomic mass is 9.97. The van der Waals surface area contributed by atoms with Crippen molar-refractivity contribution in [3.8, 4) is 5.75 Å². The van der Waals surface area contributed by atoms with Gasteiger partial charge in [0.1, 0.15) is 5.75 Å². The molecule has 0 aromatic heterocycles. The molecular formula is C25H31N3O5S. The summed E-state index contributed by atoms with van der Waals surface area (Å²) in [7, 11) is -3.59. The fourth-order valence-corrected chi connectivity index (χ4v) is 6.08. The third-order valence-corrected chi connectivity index (χ3v) is 8.59. The van der Waals surface area contributed by atoms with Crippen LogP contribution in [0.2, 0.25) is 0 Å². The molecule has 4 rings (SSSR count). The maximum absolute atomic E-state index is 13.2. The zero-order valence-corrected chi connectivity index (χ0v) is 20.4. The average Bonchev–Trinajstić information content (AvgIpc) is 2.84. The molecule has 2 aromatic rings. The van der Waals surface area contributed by atoms with Gasteiger partial charge < -0.3 is 15.0 Å². The number of benzene rings is 2. The highest BCUT2D eigenvalue weighted by Gasteiger charge is 2.31. The summed E-state index contributed by atoms with van der Waals surface area (Å²) >= 11 is 0. The summed E-state index contributed by atoms with van der Waals surface area (Å²) in [5, 5.41) is 2.82. The number of carbonyl (C=O) groups is 2. The molecule has 1 atom stereocenters. The van der Waals surface area contributed by atoms with E-state index in [0.717, 1.165) is 32.2 Å². The second-order valence-electron chi connectivity index (χ2n) is 8.56. The molecule has 0 spiro atoms. The number of nitrogens with one attached hydrogen (secondary N) is 1. The van der Waals surface area contributed by atoms with Gasteiger partial charge in [0.25, 0.3) is 11.8 Å². The fourth-order valence-electron chi connectivity index (χ4n) is 4.62. The summed E-state index contributed by atoms with van der Waals surface area (Å²) in [5.74, 6) is 0.0706. The number of ether oxygens (including phenoxy) is 1. The lowest BCUT2D eigenvalue weighted by Gasteiger charge is -2.37. The van der Waals surface area contributed by atoms with E-state index in [1.54, 1.807) is 32.0 Å². The molecule has 0 radical (unpaired) electrons. The monoisotopic (exact) mass is 485 g/mol. The number of rotatable bonds is 6. The predicted octanol–water partition coefficient (Wildman–Crippen LogP) is 3.75. The number of amides is 2. The predicted molar refractivity (Wildman–Crippen MR) is 130 cm³/mol. The van der Waals surface area contributed by atoms with E-state index in [-0.39, 0.29) is 22.8 Å². The SMILES string of the molecule is CCN(CC)S(=O)(=O)c1ccc(C(=O)Nc2ccc3c(c2)C(=O)N2CCCCC2CCO3)cc1. The van der Waals surface area contributed by atoms with Crippen LogP contribution in [0.15, 0.2) is 47.4 Å². The Labute approximate surface area is 200 Å². The van der Waals surface area contributed by atoms with Crippen LogP contribution in [0.5, 0.6) is 5.75 Å². The van der Waals surface area contributed by atoms with Crippen molar-refractivity contribution in [3.63, 3.8) is 0 Å². The molecule has 2 aromatic carbocycles. The standard InChI is InChI=1S/C25H31N3O5S/c1-3-27(4-2)34(31,32)21-11-8-18(9-12-21)24(29)26-19-10-13-23-22(17-19)25(30)28-15-6-5-7-20(28)14-16-33-23/h8-13,17,20H,3-7,14-16H2,1-2H3,(H,26,29). The first kappa shape index (κ1) is 24.2. The molecule has 2 aliphatic rings. The number of piperidine rings is 1. The van der Waals surface area contributed by atoms with Crippen LogP contribution in [-0.2, 0) is 10.0 Å². The highest BCUT2D eigenvalue weighted by molar-refractivity contribution is 7.89. The van der Waals surface area contributed by atoms with E-state index < -0.39 is 10.0 Å². The molecule has 0 aliphatic carbocycles. The Morgan fingerprint density at radius 1 is 1.09 bits per heavy atom. The van der Waals surface area contributed by atoms with Crippen molar-refractivity contribution in [2.24, 2.45) is 0 Å². The highest BCUT2D eigenvalue weighted by Crippen LogP contribution is 2.31. The van der Waals surface area contributed by atoms with Gasteiger partial charge in [-0.15, -0.1) is 0 Å².